The molecule has 4 aromatic rings. The molecule has 0 bridgehead atoms. The third kappa shape index (κ3) is 16.1. The molecule has 0 aliphatic rings. The number of aryl methyl sites for hydroxylation is 4. The zero-order chi connectivity index (χ0) is 38.0. The van der Waals surface area contributed by atoms with Crippen LogP contribution in [0.4, 0.5) is 0 Å². The van der Waals surface area contributed by atoms with Crippen molar-refractivity contribution in [1.29, 1.82) is 0 Å². The van der Waals surface area contributed by atoms with E-state index in [4.69, 9.17) is 0 Å². The first kappa shape index (κ1) is 47.9. The number of unbranched alkanes of at least 4 members (excludes halogenated alkanes) is 12. The number of benzene rings is 4. The maximum atomic E-state index is 11.8. The van der Waals surface area contributed by atoms with Gasteiger partial charge in [-0.1, -0.05) is 141 Å². The number of fused-ring (bicyclic) bond motifs is 2. The largest absolute Gasteiger partial charge is 2.00 e. The van der Waals surface area contributed by atoms with Crippen LogP contribution in [0, 0.1) is 0 Å². The van der Waals surface area contributed by atoms with Crippen molar-refractivity contribution >= 4 is 90.7 Å². The van der Waals surface area contributed by atoms with Crippen molar-refractivity contribution in [2.24, 2.45) is 0 Å². The van der Waals surface area contributed by atoms with Crippen LogP contribution < -0.4 is 0 Å². The second-order valence-electron chi connectivity index (χ2n) is 14.3. The van der Waals surface area contributed by atoms with Gasteiger partial charge in [-0.3, -0.25) is 0 Å². The number of hydrogen-bond donors (Lipinski definition) is 0. The fourth-order valence-corrected chi connectivity index (χ4v) is 8.58. The first-order valence-electron chi connectivity index (χ1n) is 19.9. The summed E-state index contributed by atoms with van der Waals surface area (Å²) in [7, 11) is -8.93. The van der Waals surface area contributed by atoms with Crippen LogP contribution in [-0.4, -0.2) is 74.8 Å². The second kappa shape index (κ2) is 25.1. The van der Waals surface area contributed by atoms with Gasteiger partial charge in [0.05, 0.1) is 9.79 Å². The molecule has 0 fully saturated rings. The quantitative estimate of drug-likeness (QED) is 0.0441. The van der Waals surface area contributed by atoms with Crippen LogP contribution in [0.15, 0.2) is 70.5 Å². The molecule has 288 valence electrons. The first-order valence-corrected chi connectivity index (χ1v) is 22.8. The zero-order valence-electron chi connectivity index (χ0n) is 32.9. The minimum atomic E-state index is -4.46. The molecule has 0 unspecified atom stereocenters. The van der Waals surface area contributed by atoms with Gasteiger partial charge in [0.15, 0.2) is 0 Å². The summed E-state index contributed by atoms with van der Waals surface area (Å²) in [5, 5.41) is 3.90. The molecule has 0 heterocycles. The molecule has 0 spiro atoms. The Labute approximate surface area is 361 Å². The molecule has 0 aliphatic heterocycles. The number of hydrogen-bond acceptors (Lipinski definition) is 6. The molecule has 0 aromatic heterocycles. The molecular weight excluding hydrogens is 826 g/mol. The van der Waals surface area contributed by atoms with Crippen LogP contribution in [-0.2, 0) is 45.9 Å². The van der Waals surface area contributed by atoms with Gasteiger partial charge < -0.3 is 9.11 Å². The summed E-state index contributed by atoms with van der Waals surface area (Å²) in [5.74, 6) is 0. The van der Waals surface area contributed by atoms with Crippen LogP contribution in [0.2, 0.25) is 0 Å². The molecule has 9 heteroatoms. The van der Waals surface area contributed by atoms with Gasteiger partial charge in [0.1, 0.15) is 20.2 Å². The summed E-state index contributed by atoms with van der Waals surface area (Å²) in [5.41, 5.74) is 3.63. The minimum Gasteiger partial charge on any atom is -0.744 e. The van der Waals surface area contributed by atoms with E-state index in [-0.39, 0.29) is 58.7 Å². The Morgan fingerprint density at radius 1 is 0.415 bits per heavy atom. The third-order valence-electron chi connectivity index (χ3n) is 10.0. The Hall–Kier alpha value is -1.21. The van der Waals surface area contributed by atoms with Crippen LogP contribution in [0.5, 0.6) is 0 Å². The van der Waals surface area contributed by atoms with Crippen LogP contribution in [0.25, 0.3) is 21.5 Å². The van der Waals surface area contributed by atoms with Crippen LogP contribution in [0.3, 0.4) is 0 Å². The molecule has 4 aromatic carbocycles. The summed E-state index contributed by atoms with van der Waals surface area (Å²) in [4.78, 5) is -0.0509. The Kier molecular flexibility index (Phi) is 22.7. The molecule has 6 nitrogen and oxygen atoms in total. The van der Waals surface area contributed by atoms with Crippen LogP contribution >= 0.6 is 0 Å². The van der Waals surface area contributed by atoms with Crippen molar-refractivity contribution in [2.45, 2.75) is 166 Å². The Morgan fingerprint density at radius 3 is 1.00 bits per heavy atom. The fourth-order valence-electron chi connectivity index (χ4n) is 7.10. The standard InChI is InChI=1S/2C22H32O3S.Ba/c2*1-3-5-7-9-12-18-14-11-15-19-16-20(13-10-8-6-4-2)22(17-21(18)19)26(23,24)25;/h2*11,14-17H,3-10,12-13H2,1-2H3,(H,23,24,25);/q;;+2/p-2. The Bertz CT molecular complexity index is 1770. The molecule has 53 heavy (non-hydrogen) atoms. The molecule has 0 aliphatic carbocycles. The maximum absolute atomic E-state index is 11.8. The normalized spacial score (nSPS) is 11.7. The van der Waals surface area contributed by atoms with E-state index in [0.29, 0.717) is 24.0 Å². The van der Waals surface area contributed by atoms with E-state index in [1.165, 1.54) is 38.5 Å². The second-order valence-corrected chi connectivity index (χ2v) is 17.0. The molecule has 4 rings (SSSR count). The monoisotopic (exact) mass is 888 g/mol. The van der Waals surface area contributed by atoms with Crippen molar-refractivity contribution in [2.75, 3.05) is 0 Å². The van der Waals surface area contributed by atoms with Crippen molar-refractivity contribution in [1.82, 2.24) is 0 Å². The van der Waals surface area contributed by atoms with Gasteiger partial charge in [0, 0.05) is 0 Å². The summed E-state index contributed by atoms with van der Waals surface area (Å²) in [6, 6.07) is 19.3. The van der Waals surface area contributed by atoms with Crippen molar-refractivity contribution in [3.8, 4) is 0 Å². The van der Waals surface area contributed by atoms with E-state index in [2.05, 4.69) is 39.8 Å². The average molecular weight is 888 g/mol. The SMILES string of the molecule is CCCCCCc1cc2cccc(CCCCCC)c2cc1S(=O)(=O)[O-].CCCCCCc1cc2cccc(CCCCCC)c2cc1S(=O)(=O)[O-].[Ba+2]. The van der Waals surface area contributed by atoms with Gasteiger partial charge in [-0.2, -0.15) is 0 Å². The van der Waals surface area contributed by atoms with Gasteiger partial charge in [-0.15, -0.1) is 0 Å². The van der Waals surface area contributed by atoms with E-state index < -0.39 is 20.2 Å². The van der Waals surface area contributed by atoms with Crippen molar-refractivity contribution in [3.63, 3.8) is 0 Å². The topological polar surface area (TPSA) is 114 Å². The first-order chi connectivity index (χ1) is 24.9. The number of rotatable bonds is 22. The fraction of sp³-hybridized carbons (Fsp3) is 0.545. The third-order valence-corrected chi connectivity index (χ3v) is 11.9. The predicted octanol–water partition coefficient (Wildman–Crippen LogP) is 11.6. The van der Waals surface area contributed by atoms with Gasteiger partial charge >= 0.3 is 48.9 Å². The summed E-state index contributed by atoms with van der Waals surface area (Å²) >= 11 is 0. The smallest absolute Gasteiger partial charge is 0.744 e. The van der Waals surface area contributed by atoms with Gasteiger partial charge in [-0.25, -0.2) is 16.8 Å². The molecule has 0 amide bonds. The van der Waals surface area contributed by atoms with E-state index in [1.807, 2.05) is 36.4 Å². The van der Waals surface area contributed by atoms with Gasteiger partial charge in [0.2, 0.25) is 0 Å². The molecule has 0 N–H and O–H groups in total. The van der Waals surface area contributed by atoms with Crippen molar-refractivity contribution in [3.05, 3.63) is 82.9 Å². The van der Waals surface area contributed by atoms with Crippen molar-refractivity contribution < 1.29 is 25.9 Å². The predicted molar refractivity (Wildman–Crippen MR) is 221 cm³/mol. The molecular formula is C44H62BaO6S2. The summed E-state index contributed by atoms with van der Waals surface area (Å²) in [6.45, 7) is 8.66. The Balaban J connectivity index is 0.000000360. The summed E-state index contributed by atoms with van der Waals surface area (Å²) in [6.07, 6.45) is 21.0. The van der Waals surface area contributed by atoms with E-state index >= 15 is 0 Å². The van der Waals surface area contributed by atoms with Gasteiger partial charge in [0.25, 0.3) is 0 Å². The maximum Gasteiger partial charge on any atom is 2.00 e. The Morgan fingerprint density at radius 2 is 0.717 bits per heavy atom. The molecule has 0 atom stereocenters. The summed E-state index contributed by atoms with van der Waals surface area (Å²) < 4.78 is 71.0. The molecule has 0 radical (unpaired) electrons. The van der Waals surface area contributed by atoms with E-state index in [9.17, 15) is 25.9 Å². The van der Waals surface area contributed by atoms with Crippen LogP contribution in [0.1, 0.15) is 153 Å². The average Bonchev–Trinajstić information content (AvgIpc) is 3.11. The minimum absolute atomic E-state index is 0. The molecule has 0 saturated carbocycles. The van der Waals surface area contributed by atoms with E-state index in [0.717, 1.165) is 110 Å². The molecule has 0 saturated heterocycles. The zero-order valence-corrected chi connectivity index (χ0v) is 39.0. The van der Waals surface area contributed by atoms with E-state index in [1.54, 1.807) is 12.1 Å². The van der Waals surface area contributed by atoms with Gasteiger partial charge in [-0.05, 0) is 119 Å².